The van der Waals surface area contributed by atoms with Gasteiger partial charge in [0.25, 0.3) is 5.56 Å². The van der Waals surface area contributed by atoms with Crippen LogP contribution in [0.5, 0.6) is 0 Å². The number of nitrogens with one attached hydrogen (secondary N) is 1. The largest absolute Gasteiger partial charge is 0.304 e. The lowest BCUT2D eigenvalue weighted by molar-refractivity contribution is 0.609. The Morgan fingerprint density at radius 3 is 3.24 bits per heavy atom. The summed E-state index contributed by atoms with van der Waals surface area (Å²) in [5, 5.41) is 5.00. The fraction of sp³-hybridized carbons (Fsp3) is 0.333. The molecule has 0 atom stereocenters. The number of rotatable bonds is 4. The molecule has 17 heavy (non-hydrogen) atoms. The first-order valence-corrected chi connectivity index (χ1v) is 6.19. The number of fused-ring (bicyclic) bond motifs is 1. The van der Waals surface area contributed by atoms with Gasteiger partial charge in [-0.1, -0.05) is 5.92 Å². The average molecular weight is 247 g/mol. The molecule has 4 nitrogen and oxygen atoms in total. The maximum absolute atomic E-state index is 12.1. The van der Waals surface area contributed by atoms with Crippen molar-refractivity contribution in [2.75, 3.05) is 13.1 Å². The van der Waals surface area contributed by atoms with Crippen LogP contribution in [0.1, 0.15) is 5.56 Å². The van der Waals surface area contributed by atoms with E-state index in [0.29, 0.717) is 19.6 Å². The molecule has 5 heteroatoms. The third-order valence-electron chi connectivity index (χ3n) is 2.48. The summed E-state index contributed by atoms with van der Waals surface area (Å²) in [6, 6.07) is 0. The average Bonchev–Trinajstić information content (AvgIpc) is 2.70. The molecule has 0 aliphatic carbocycles. The molecule has 0 saturated heterocycles. The molecule has 0 bridgehead atoms. The van der Waals surface area contributed by atoms with E-state index in [1.165, 1.54) is 11.3 Å². The monoisotopic (exact) mass is 247 g/mol. The molecule has 0 spiro atoms. The van der Waals surface area contributed by atoms with Gasteiger partial charge in [-0.05, 0) is 17.9 Å². The van der Waals surface area contributed by atoms with Crippen LogP contribution in [0.2, 0.25) is 0 Å². The zero-order valence-corrected chi connectivity index (χ0v) is 10.4. The standard InChI is InChI=1S/C12H13N3OS/c1-3-4-13-5-6-15-8-14-10-9(2)7-17-11(10)12(15)16/h1,7-8,13H,4-6H2,2H3. The van der Waals surface area contributed by atoms with Crippen LogP contribution in [0.4, 0.5) is 0 Å². The first kappa shape index (κ1) is 11.8. The van der Waals surface area contributed by atoms with Crippen LogP contribution in [-0.4, -0.2) is 22.6 Å². The Kier molecular flexibility index (Phi) is 3.57. The number of aryl methyl sites for hydroxylation is 1. The minimum atomic E-state index is 0.0237. The smallest absolute Gasteiger partial charge is 0.271 e. The van der Waals surface area contributed by atoms with Gasteiger partial charge in [-0.25, -0.2) is 4.98 Å². The fourth-order valence-electron chi connectivity index (χ4n) is 1.58. The van der Waals surface area contributed by atoms with Crippen LogP contribution in [0, 0.1) is 19.3 Å². The van der Waals surface area contributed by atoms with Gasteiger partial charge >= 0.3 is 0 Å². The minimum Gasteiger partial charge on any atom is -0.304 e. The quantitative estimate of drug-likeness (QED) is 0.647. The molecule has 1 N–H and O–H groups in total. The van der Waals surface area contributed by atoms with E-state index in [1.54, 1.807) is 10.9 Å². The third-order valence-corrected chi connectivity index (χ3v) is 3.56. The number of hydrogen-bond acceptors (Lipinski definition) is 4. The van der Waals surface area contributed by atoms with Crippen molar-refractivity contribution < 1.29 is 0 Å². The summed E-state index contributed by atoms with van der Waals surface area (Å²) in [5.74, 6) is 2.49. The van der Waals surface area contributed by atoms with Gasteiger partial charge in [-0.15, -0.1) is 17.8 Å². The number of thiophene rings is 1. The highest BCUT2D eigenvalue weighted by molar-refractivity contribution is 7.17. The lowest BCUT2D eigenvalue weighted by atomic mass is 10.3. The van der Waals surface area contributed by atoms with E-state index in [-0.39, 0.29) is 5.56 Å². The van der Waals surface area contributed by atoms with Crippen molar-refractivity contribution in [1.29, 1.82) is 0 Å². The van der Waals surface area contributed by atoms with Crippen LogP contribution in [0.15, 0.2) is 16.5 Å². The summed E-state index contributed by atoms with van der Waals surface area (Å²) >= 11 is 1.45. The molecule has 0 saturated carbocycles. The summed E-state index contributed by atoms with van der Waals surface area (Å²) < 4.78 is 2.34. The molecular formula is C12H13N3OS. The summed E-state index contributed by atoms with van der Waals surface area (Å²) in [6.45, 7) is 3.73. The maximum Gasteiger partial charge on any atom is 0.271 e. The van der Waals surface area contributed by atoms with Crippen LogP contribution in [-0.2, 0) is 6.54 Å². The van der Waals surface area contributed by atoms with Crippen molar-refractivity contribution >= 4 is 21.6 Å². The summed E-state index contributed by atoms with van der Waals surface area (Å²) in [4.78, 5) is 16.4. The number of terminal acetylenes is 1. The predicted molar refractivity (Wildman–Crippen MR) is 70.3 cm³/mol. The molecule has 0 fully saturated rings. The SMILES string of the molecule is C#CCNCCn1cnc2c(C)csc2c1=O. The lowest BCUT2D eigenvalue weighted by Gasteiger charge is -2.05. The molecule has 88 valence electrons. The molecule has 0 radical (unpaired) electrons. The van der Waals surface area contributed by atoms with E-state index in [2.05, 4.69) is 16.2 Å². The Morgan fingerprint density at radius 1 is 1.65 bits per heavy atom. The first-order valence-electron chi connectivity index (χ1n) is 5.31. The van der Waals surface area contributed by atoms with E-state index in [4.69, 9.17) is 6.42 Å². The molecule has 2 rings (SSSR count). The summed E-state index contributed by atoms with van der Waals surface area (Å²) in [7, 11) is 0. The van der Waals surface area contributed by atoms with Gasteiger partial charge in [0.2, 0.25) is 0 Å². The molecule has 0 unspecified atom stereocenters. The Labute approximate surface area is 103 Å². The van der Waals surface area contributed by atoms with Crippen LogP contribution >= 0.6 is 11.3 Å². The first-order chi connectivity index (χ1) is 8.24. The molecule has 2 aromatic rings. The highest BCUT2D eigenvalue weighted by atomic mass is 32.1. The van der Waals surface area contributed by atoms with Crippen LogP contribution in [0.3, 0.4) is 0 Å². The molecule has 0 aromatic carbocycles. The van der Waals surface area contributed by atoms with Crippen molar-refractivity contribution in [3.63, 3.8) is 0 Å². The van der Waals surface area contributed by atoms with Gasteiger partial charge in [-0.3, -0.25) is 9.36 Å². The van der Waals surface area contributed by atoms with Gasteiger partial charge in [-0.2, -0.15) is 0 Å². The zero-order chi connectivity index (χ0) is 12.3. The second-order valence-electron chi connectivity index (χ2n) is 3.72. The van der Waals surface area contributed by atoms with Gasteiger partial charge in [0, 0.05) is 13.1 Å². The Morgan fingerprint density at radius 2 is 2.47 bits per heavy atom. The summed E-state index contributed by atoms with van der Waals surface area (Å²) in [5.41, 5.74) is 1.89. The number of aromatic nitrogens is 2. The summed E-state index contributed by atoms with van der Waals surface area (Å²) in [6.07, 6.45) is 6.72. The van der Waals surface area contributed by atoms with Gasteiger partial charge in [0.1, 0.15) is 4.70 Å². The van der Waals surface area contributed by atoms with E-state index in [0.717, 1.165) is 15.8 Å². The van der Waals surface area contributed by atoms with Crippen molar-refractivity contribution in [2.45, 2.75) is 13.5 Å². The van der Waals surface area contributed by atoms with E-state index < -0.39 is 0 Å². The number of nitrogens with zero attached hydrogens (tertiary/aromatic N) is 2. The lowest BCUT2D eigenvalue weighted by Crippen LogP contribution is -2.27. The van der Waals surface area contributed by atoms with Crippen LogP contribution in [0.25, 0.3) is 10.2 Å². The third kappa shape index (κ3) is 2.38. The maximum atomic E-state index is 12.1. The van der Waals surface area contributed by atoms with Crippen LogP contribution < -0.4 is 10.9 Å². The molecule has 0 aliphatic rings. The second-order valence-corrected chi connectivity index (χ2v) is 4.60. The van der Waals surface area contributed by atoms with Crippen molar-refractivity contribution in [3.8, 4) is 12.3 Å². The highest BCUT2D eigenvalue weighted by Crippen LogP contribution is 2.19. The van der Waals surface area contributed by atoms with Gasteiger partial charge in [0.05, 0.1) is 18.4 Å². The second kappa shape index (κ2) is 5.13. The minimum absolute atomic E-state index is 0.0237. The predicted octanol–water partition coefficient (Wildman–Crippen LogP) is 0.989. The number of hydrogen-bond donors (Lipinski definition) is 1. The Balaban J connectivity index is 2.22. The fourth-order valence-corrected chi connectivity index (χ4v) is 2.53. The molecule has 2 heterocycles. The zero-order valence-electron chi connectivity index (χ0n) is 9.56. The van der Waals surface area contributed by atoms with E-state index in [9.17, 15) is 4.79 Å². The molecule has 0 amide bonds. The van der Waals surface area contributed by atoms with E-state index >= 15 is 0 Å². The van der Waals surface area contributed by atoms with Gasteiger partial charge < -0.3 is 5.32 Å². The topological polar surface area (TPSA) is 46.9 Å². The molecular weight excluding hydrogens is 234 g/mol. The van der Waals surface area contributed by atoms with Crippen molar-refractivity contribution in [3.05, 3.63) is 27.6 Å². The van der Waals surface area contributed by atoms with Crippen molar-refractivity contribution in [1.82, 2.24) is 14.9 Å². The highest BCUT2D eigenvalue weighted by Gasteiger charge is 2.07. The molecule has 2 aromatic heterocycles. The van der Waals surface area contributed by atoms with Crippen molar-refractivity contribution in [2.24, 2.45) is 0 Å². The van der Waals surface area contributed by atoms with Gasteiger partial charge in [0.15, 0.2) is 0 Å². The normalized spacial score (nSPS) is 10.6. The molecule has 0 aliphatic heterocycles. The Bertz CT molecular complexity index is 621. The van der Waals surface area contributed by atoms with E-state index in [1.807, 2.05) is 12.3 Å². The Hall–Kier alpha value is -1.64.